The number of nitrogens with one attached hydrogen (secondary N) is 1. The second-order valence-electron chi connectivity index (χ2n) is 4.20. The Morgan fingerprint density at radius 3 is 2.89 bits per heavy atom. The van der Waals surface area contributed by atoms with Gasteiger partial charge in [-0.1, -0.05) is 22.9 Å². The van der Waals surface area contributed by atoms with Crippen molar-refractivity contribution in [1.29, 1.82) is 0 Å². The van der Waals surface area contributed by atoms with Crippen LogP contribution in [-0.4, -0.2) is 25.0 Å². The summed E-state index contributed by atoms with van der Waals surface area (Å²) in [4.78, 5) is 8.32. The van der Waals surface area contributed by atoms with E-state index < -0.39 is 0 Å². The fourth-order valence-electron chi connectivity index (χ4n) is 1.75. The highest BCUT2D eigenvalue weighted by atomic mass is 35.5. The van der Waals surface area contributed by atoms with Crippen molar-refractivity contribution in [3.8, 4) is 0 Å². The van der Waals surface area contributed by atoms with Crippen LogP contribution >= 0.6 is 11.6 Å². The number of aromatic nitrogens is 5. The maximum atomic E-state index is 6.10. The molecule has 6 nitrogen and oxygen atoms in total. The molecule has 0 saturated heterocycles. The average Bonchev–Trinajstić information content (AvgIpc) is 2.77. The van der Waals surface area contributed by atoms with Crippen molar-refractivity contribution in [1.82, 2.24) is 25.0 Å². The molecular weight excluding hydrogens is 264 g/mol. The molecule has 3 aromatic rings. The van der Waals surface area contributed by atoms with Crippen LogP contribution in [0.2, 0.25) is 5.02 Å². The van der Waals surface area contributed by atoms with Gasteiger partial charge >= 0.3 is 0 Å². The highest BCUT2D eigenvalue weighted by molar-refractivity contribution is 6.31. The molecule has 0 bridgehead atoms. The lowest BCUT2D eigenvalue weighted by molar-refractivity contribution is 0.729. The van der Waals surface area contributed by atoms with Crippen molar-refractivity contribution in [2.45, 2.75) is 6.92 Å². The van der Waals surface area contributed by atoms with E-state index >= 15 is 0 Å². The molecule has 7 heteroatoms. The lowest BCUT2D eigenvalue weighted by atomic mass is 10.2. The van der Waals surface area contributed by atoms with E-state index in [9.17, 15) is 0 Å². The lowest BCUT2D eigenvalue weighted by Crippen LogP contribution is -1.97. The second-order valence-corrected chi connectivity index (χ2v) is 4.60. The number of aryl methyl sites for hydroxylation is 2. The Hall–Kier alpha value is -2.21. The van der Waals surface area contributed by atoms with E-state index in [0.29, 0.717) is 22.0 Å². The van der Waals surface area contributed by atoms with Gasteiger partial charge in [-0.3, -0.25) is 0 Å². The van der Waals surface area contributed by atoms with Crippen LogP contribution in [0, 0.1) is 6.92 Å². The third-order valence-corrected chi connectivity index (χ3v) is 3.23. The summed E-state index contributed by atoms with van der Waals surface area (Å²) in [6.45, 7) is 1.96. The van der Waals surface area contributed by atoms with Crippen LogP contribution in [0.15, 0.2) is 24.5 Å². The van der Waals surface area contributed by atoms with Gasteiger partial charge in [0.05, 0.1) is 0 Å². The number of benzene rings is 1. The molecule has 0 aliphatic carbocycles. The molecule has 1 N–H and O–H groups in total. The van der Waals surface area contributed by atoms with E-state index in [1.165, 1.54) is 6.33 Å². The Labute approximate surface area is 114 Å². The van der Waals surface area contributed by atoms with Gasteiger partial charge in [0, 0.05) is 17.8 Å². The molecule has 0 fully saturated rings. The summed E-state index contributed by atoms with van der Waals surface area (Å²) in [7, 11) is 1.79. The molecule has 3 rings (SSSR count). The Morgan fingerprint density at radius 2 is 2.11 bits per heavy atom. The summed E-state index contributed by atoms with van der Waals surface area (Å²) in [5.41, 5.74) is 3.18. The summed E-state index contributed by atoms with van der Waals surface area (Å²) in [5, 5.41) is 11.9. The summed E-state index contributed by atoms with van der Waals surface area (Å²) in [6.07, 6.45) is 1.48. The number of rotatable bonds is 2. The standard InChI is InChI=1S/C12H11ClN6/c1-7-3-4-8(5-9(7)13)16-11-10-12(15-6-14-11)19(2)18-17-10/h3-6H,1-2H3,(H,14,15,16). The first-order chi connectivity index (χ1) is 9.15. The molecule has 0 amide bonds. The Bertz CT molecular complexity index is 751. The monoisotopic (exact) mass is 274 g/mol. The predicted octanol–water partition coefficient (Wildman–Crippen LogP) is 2.46. The average molecular weight is 275 g/mol. The smallest absolute Gasteiger partial charge is 0.183 e. The molecular formula is C12H11ClN6. The predicted molar refractivity (Wildman–Crippen MR) is 73.6 cm³/mol. The van der Waals surface area contributed by atoms with Gasteiger partial charge < -0.3 is 5.32 Å². The number of anilines is 2. The van der Waals surface area contributed by atoms with Gasteiger partial charge in [0.15, 0.2) is 17.0 Å². The van der Waals surface area contributed by atoms with Crippen LogP contribution in [-0.2, 0) is 7.05 Å². The number of fused-ring (bicyclic) bond motifs is 1. The van der Waals surface area contributed by atoms with Crippen LogP contribution in [0.4, 0.5) is 11.5 Å². The first-order valence-corrected chi connectivity index (χ1v) is 6.06. The van der Waals surface area contributed by atoms with Crippen LogP contribution in [0.1, 0.15) is 5.56 Å². The van der Waals surface area contributed by atoms with E-state index in [2.05, 4.69) is 25.6 Å². The Morgan fingerprint density at radius 1 is 1.26 bits per heavy atom. The maximum absolute atomic E-state index is 6.10. The van der Waals surface area contributed by atoms with Gasteiger partial charge in [-0.15, -0.1) is 5.10 Å². The molecule has 2 heterocycles. The molecule has 1 aromatic carbocycles. The van der Waals surface area contributed by atoms with E-state index in [0.717, 1.165) is 11.3 Å². The number of halogens is 1. The first kappa shape index (κ1) is 11.9. The maximum Gasteiger partial charge on any atom is 0.183 e. The van der Waals surface area contributed by atoms with Gasteiger partial charge in [0.1, 0.15) is 6.33 Å². The molecule has 0 unspecified atom stereocenters. The zero-order valence-electron chi connectivity index (χ0n) is 10.4. The van der Waals surface area contributed by atoms with E-state index in [1.54, 1.807) is 11.7 Å². The van der Waals surface area contributed by atoms with Crippen molar-refractivity contribution < 1.29 is 0 Å². The van der Waals surface area contributed by atoms with Crippen LogP contribution in [0.5, 0.6) is 0 Å². The molecule has 0 radical (unpaired) electrons. The molecule has 19 heavy (non-hydrogen) atoms. The summed E-state index contributed by atoms with van der Waals surface area (Å²) >= 11 is 6.10. The minimum atomic E-state index is 0.609. The van der Waals surface area contributed by atoms with Crippen molar-refractivity contribution in [3.05, 3.63) is 35.1 Å². The Kier molecular flexibility index (Phi) is 2.79. The zero-order valence-corrected chi connectivity index (χ0v) is 11.2. The third-order valence-electron chi connectivity index (χ3n) is 2.82. The first-order valence-electron chi connectivity index (χ1n) is 5.69. The highest BCUT2D eigenvalue weighted by Crippen LogP contribution is 2.24. The molecule has 2 aromatic heterocycles. The van der Waals surface area contributed by atoms with E-state index in [1.807, 2.05) is 25.1 Å². The fraction of sp³-hybridized carbons (Fsp3) is 0.167. The number of nitrogens with zero attached hydrogens (tertiary/aromatic N) is 5. The largest absolute Gasteiger partial charge is 0.338 e. The van der Waals surface area contributed by atoms with Crippen molar-refractivity contribution in [2.75, 3.05) is 5.32 Å². The minimum absolute atomic E-state index is 0.609. The summed E-state index contributed by atoms with van der Waals surface area (Å²) in [5.74, 6) is 0.609. The number of hydrogen-bond donors (Lipinski definition) is 1. The fourth-order valence-corrected chi connectivity index (χ4v) is 1.93. The SMILES string of the molecule is Cc1ccc(Nc2ncnc3c2nnn3C)cc1Cl. The van der Waals surface area contributed by atoms with E-state index in [-0.39, 0.29) is 0 Å². The minimum Gasteiger partial charge on any atom is -0.338 e. The summed E-state index contributed by atoms with van der Waals surface area (Å²) < 4.78 is 1.60. The van der Waals surface area contributed by atoms with E-state index in [4.69, 9.17) is 11.6 Å². The lowest BCUT2D eigenvalue weighted by Gasteiger charge is -2.07. The van der Waals surface area contributed by atoms with Gasteiger partial charge in [-0.2, -0.15) is 0 Å². The second kappa shape index (κ2) is 4.47. The molecule has 0 saturated carbocycles. The van der Waals surface area contributed by atoms with Crippen LogP contribution in [0.25, 0.3) is 11.2 Å². The van der Waals surface area contributed by atoms with Crippen molar-refractivity contribution in [2.24, 2.45) is 7.05 Å². The van der Waals surface area contributed by atoms with Crippen LogP contribution < -0.4 is 5.32 Å². The molecule has 0 atom stereocenters. The third kappa shape index (κ3) is 2.10. The zero-order chi connectivity index (χ0) is 13.4. The van der Waals surface area contributed by atoms with Gasteiger partial charge in [0.2, 0.25) is 0 Å². The van der Waals surface area contributed by atoms with Gasteiger partial charge in [-0.05, 0) is 24.6 Å². The quantitative estimate of drug-likeness (QED) is 0.777. The van der Waals surface area contributed by atoms with Crippen molar-refractivity contribution >= 4 is 34.3 Å². The molecule has 0 aliphatic rings. The Balaban J connectivity index is 2.03. The molecule has 0 spiro atoms. The highest BCUT2D eigenvalue weighted by Gasteiger charge is 2.10. The normalized spacial score (nSPS) is 10.9. The van der Waals surface area contributed by atoms with Gasteiger partial charge in [-0.25, -0.2) is 14.6 Å². The van der Waals surface area contributed by atoms with Crippen LogP contribution in [0.3, 0.4) is 0 Å². The van der Waals surface area contributed by atoms with Crippen molar-refractivity contribution in [3.63, 3.8) is 0 Å². The topological polar surface area (TPSA) is 68.5 Å². The number of hydrogen-bond acceptors (Lipinski definition) is 5. The molecule has 96 valence electrons. The molecule has 0 aliphatic heterocycles. The van der Waals surface area contributed by atoms with Gasteiger partial charge in [0.25, 0.3) is 0 Å². The summed E-state index contributed by atoms with van der Waals surface area (Å²) in [6, 6.07) is 5.73.